The van der Waals surface area contributed by atoms with Crippen molar-refractivity contribution in [2.24, 2.45) is 5.92 Å². The molecule has 0 N–H and O–H groups in total. The topological polar surface area (TPSA) is 32.8 Å². The van der Waals surface area contributed by atoms with Crippen molar-refractivity contribution in [1.82, 2.24) is 9.80 Å². The molecule has 2 unspecified atom stereocenters. The molecule has 0 heterocycles. The Kier molecular flexibility index (Phi) is 5.17. The van der Waals surface area contributed by atoms with E-state index in [1.807, 2.05) is 6.92 Å². The summed E-state index contributed by atoms with van der Waals surface area (Å²) >= 11 is 0. The summed E-state index contributed by atoms with van der Waals surface area (Å²) in [6.07, 6.45) is 3.82. The summed E-state index contributed by atoms with van der Waals surface area (Å²) in [6, 6.07) is 0.204. The highest BCUT2D eigenvalue weighted by Gasteiger charge is 2.41. The molecule has 0 bridgehead atoms. The smallest absolute Gasteiger partial charge is 0.309 e. The third kappa shape index (κ3) is 3.04. The predicted octanol–water partition coefficient (Wildman–Crippen LogP) is 1.60. The van der Waals surface area contributed by atoms with Crippen LogP contribution < -0.4 is 0 Å². The summed E-state index contributed by atoms with van der Waals surface area (Å²) in [5.41, 5.74) is 0.304. The second kappa shape index (κ2) is 6.02. The van der Waals surface area contributed by atoms with Crippen molar-refractivity contribution in [3.8, 4) is 0 Å². The van der Waals surface area contributed by atoms with Gasteiger partial charge in [0, 0.05) is 18.1 Å². The van der Waals surface area contributed by atoms with Gasteiger partial charge in [-0.2, -0.15) is 0 Å². The molecule has 0 aromatic heterocycles. The minimum Gasteiger partial charge on any atom is -0.469 e. The number of methoxy groups -OCH3 is 1. The monoisotopic (exact) mass is 256 g/mol. The SMILES string of the molecule is COC(=O)C(C)C(C)N(C)CC1(N(C)C)CCC1. The lowest BCUT2D eigenvalue weighted by Crippen LogP contribution is -2.58. The van der Waals surface area contributed by atoms with Gasteiger partial charge in [0.05, 0.1) is 13.0 Å². The molecule has 1 fully saturated rings. The van der Waals surface area contributed by atoms with Crippen molar-refractivity contribution in [3.63, 3.8) is 0 Å². The van der Waals surface area contributed by atoms with Crippen LogP contribution in [0.25, 0.3) is 0 Å². The van der Waals surface area contributed by atoms with Crippen molar-refractivity contribution in [1.29, 1.82) is 0 Å². The summed E-state index contributed by atoms with van der Waals surface area (Å²) in [7, 11) is 7.87. The van der Waals surface area contributed by atoms with Crippen LogP contribution in [0.4, 0.5) is 0 Å². The van der Waals surface area contributed by atoms with Crippen molar-refractivity contribution in [2.75, 3.05) is 34.8 Å². The number of rotatable bonds is 6. The second-order valence-corrected chi connectivity index (χ2v) is 5.94. The quantitative estimate of drug-likeness (QED) is 0.676. The Balaban J connectivity index is 2.59. The highest BCUT2D eigenvalue weighted by molar-refractivity contribution is 5.72. The summed E-state index contributed by atoms with van der Waals surface area (Å²) in [5.74, 6) is -0.207. The minimum absolute atomic E-state index is 0.0840. The molecule has 0 amide bonds. The lowest BCUT2D eigenvalue weighted by atomic mass is 9.75. The molecule has 1 rings (SSSR count). The number of ether oxygens (including phenoxy) is 1. The standard InChI is InChI=1S/C14H28N2O2/c1-11(13(17)18-6)12(2)16(5)10-14(15(3)4)8-7-9-14/h11-12H,7-10H2,1-6H3. The number of hydrogen-bond acceptors (Lipinski definition) is 4. The number of likely N-dealkylation sites (N-methyl/N-ethyl adjacent to an activating group) is 2. The van der Waals surface area contributed by atoms with Crippen LogP contribution in [0.5, 0.6) is 0 Å². The summed E-state index contributed by atoms with van der Waals surface area (Å²) in [5, 5.41) is 0. The van der Waals surface area contributed by atoms with Crippen molar-refractivity contribution < 1.29 is 9.53 Å². The summed E-state index contributed by atoms with van der Waals surface area (Å²) in [4.78, 5) is 16.2. The zero-order chi connectivity index (χ0) is 13.9. The fraction of sp³-hybridized carbons (Fsp3) is 0.929. The minimum atomic E-state index is -0.123. The maximum absolute atomic E-state index is 11.6. The van der Waals surface area contributed by atoms with E-state index >= 15 is 0 Å². The highest BCUT2D eigenvalue weighted by atomic mass is 16.5. The van der Waals surface area contributed by atoms with Gasteiger partial charge in [0.1, 0.15) is 0 Å². The van der Waals surface area contributed by atoms with Gasteiger partial charge in [-0.05, 0) is 47.3 Å². The number of nitrogens with zero attached hydrogens (tertiary/aromatic N) is 2. The average molecular weight is 256 g/mol. The summed E-state index contributed by atoms with van der Waals surface area (Å²) in [6.45, 7) is 5.06. The van der Waals surface area contributed by atoms with Gasteiger partial charge < -0.3 is 14.5 Å². The second-order valence-electron chi connectivity index (χ2n) is 5.94. The molecule has 4 heteroatoms. The van der Waals surface area contributed by atoms with Crippen molar-refractivity contribution >= 4 is 5.97 Å². The van der Waals surface area contributed by atoms with E-state index in [4.69, 9.17) is 4.74 Å². The Labute approximate surface area is 111 Å². The molecule has 0 spiro atoms. The Hall–Kier alpha value is -0.610. The van der Waals surface area contributed by atoms with Gasteiger partial charge >= 0.3 is 5.97 Å². The zero-order valence-corrected chi connectivity index (χ0v) is 12.7. The van der Waals surface area contributed by atoms with Crippen LogP contribution in [0.3, 0.4) is 0 Å². The molecule has 1 aliphatic rings. The number of esters is 1. The van der Waals surface area contributed by atoms with Gasteiger partial charge in [-0.15, -0.1) is 0 Å². The Morgan fingerprint density at radius 2 is 1.83 bits per heavy atom. The number of carbonyl (C=O) groups excluding carboxylic acids is 1. The van der Waals surface area contributed by atoms with Crippen LogP contribution in [0.2, 0.25) is 0 Å². The highest BCUT2D eigenvalue weighted by Crippen LogP contribution is 2.37. The molecule has 4 nitrogen and oxygen atoms in total. The van der Waals surface area contributed by atoms with Gasteiger partial charge in [-0.25, -0.2) is 0 Å². The Bertz CT molecular complexity index is 288. The van der Waals surface area contributed by atoms with Gasteiger partial charge in [0.25, 0.3) is 0 Å². The van der Waals surface area contributed by atoms with E-state index in [-0.39, 0.29) is 17.9 Å². The molecule has 2 atom stereocenters. The Morgan fingerprint density at radius 3 is 2.17 bits per heavy atom. The Morgan fingerprint density at radius 1 is 1.28 bits per heavy atom. The van der Waals surface area contributed by atoms with Crippen LogP contribution >= 0.6 is 0 Å². The first kappa shape index (κ1) is 15.4. The van der Waals surface area contributed by atoms with Crippen molar-refractivity contribution in [3.05, 3.63) is 0 Å². The first-order chi connectivity index (χ1) is 8.34. The van der Waals surface area contributed by atoms with Gasteiger partial charge in [0.15, 0.2) is 0 Å². The molecule has 106 valence electrons. The van der Waals surface area contributed by atoms with Crippen LogP contribution in [0.15, 0.2) is 0 Å². The molecule has 1 saturated carbocycles. The fourth-order valence-electron chi connectivity index (χ4n) is 2.70. The molecular formula is C14H28N2O2. The lowest BCUT2D eigenvalue weighted by molar-refractivity contribution is -0.147. The van der Waals surface area contributed by atoms with Gasteiger partial charge in [0.2, 0.25) is 0 Å². The predicted molar refractivity (Wildman–Crippen MR) is 73.5 cm³/mol. The van der Waals surface area contributed by atoms with E-state index in [1.54, 1.807) is 0 Å². The molecular weight excluding hydrogens is 228 g/mol. The number of hydrogen-bond donors (Lipinski definition) is 0. The first-order valence-electron chi connectivity index (χ1n) is 6.79. The van der Waals surface area contributed by atoms with Crippen LogP contribution in [-0.4, -0.2) is 62.1 Å². The average Bonchev–Trinajstić information content (AvgIpc) is 2.29. The largest absolute Gasteiger partial charge is 0.469 e. The normalized spacial score (nSPS) is 21.6. The van der Waals surface area contributed by atoms with E-state index in [9.17, 15) is 4.79 Å². The molecule has 0 aromatic carbocycles. The third-order valence-corrected chi connectivity index (χ3v) is 4.77. The molecule has 1 aliphatic carbocycles. The fourth-order valence-corrected chi connectivity index (χ4v) is 2.70. The van der Waals surface area contributed by atoms with Gasteiger partial charge in [-0.3, -0.25) is 4.79 Å². The molecule has 18 heavy (non-hydrogen) atoms. The first-order valence-corrected chi connectivity index (χ1v) is 6.79. The summed E-state index contributed by atoms with van der Waals surface area (Å²) < 4.78 is 4.83. The van der Waals surface area contributed by atoms with Crippen LogP contribution in [-0.2, 0) is 9.53 Å². The lowest BCUT2D eigenvalue weighted by Gasteiger charge is -2.50. The molecule has 0 radical (unpaired) electrons. The molecule has 0 saturated heterocycles. The van der Waals surface area contributed by atoms with E-state index in [0.717, 1.165) is 6.54 Å². The number of carbonyl (C=O) groups is 1. The van der Waals surface area contributed by atoms with Gasteiger partial charge in [-0.1, -0.05) is 6.92 Å². The van der Waals surface area contributed by atoms with E-state index in [0.29, 0.717) is 5.54 Å². The maximum Gasteiger partial charge on any atom is 0.309 e. The van der Waals surface area contributed by atoms with E-state index in [1.165, 1.54) is 26.4 Å². The molecule has 0 aromatic rings. The van der Waals surface area contributed by atoms with E-state index < -0.39 is 0 Å². The van der Waals surface area contributed by atoms with Crippen LogP contribution in [0.1, 0.15) is 33.1 Å². The maximum atomic E-state index is 11.6. The molecule has 0 aliphatic heterocycles. The van der Waals surface area contributed by atoms with E-state index in [2.05, 4.69) is 37.9 Å². The third-order valence-electron chi connectivity index (χ3n) is 4.77. The zero-order valence-electron chi connectivity index (χ0n) is 12.7. The van der Waals surface area contributed by atoms with Crippen LogP contribution in [0, 0.1) is 5.92 Å². The van der Waals surface area contributed by atoms with Crippen molar-refractivity contribution in [2.45, 2.75) is 44.7 Å².